The maximum Gasteiger partial charge on any atom is 0.0563 e. The molecule has 0 unspecified atom stereocenters. The van der Waals surface area contributed by atoms with E-state index in [0.717, 1.165) is 11.3 Å². The average molecular weight is 829 g/mol. The van der Waals surface area contributed by atoms with Crippen molar-refractivity contribution in [2.24, 2.45) is 5.41 Å². The molecule has 0 N–H and O–H groups in total. The van der Waals surface area contributed by atoms with Crippen molar-refractivity contribution < 1.29 is 27.0 Å². The zero-order valence-electron chi connectivity index (χ0n) is 33.0. The summed E-state index contributed by atoms with van der Waals surface area (Å²) in [5.41, 5.74) is 11.0. The molecule has 0 fully saturated rings. The maximum absolute atomic E-state index is 8.48. The summed E-state index contributed by atoms with van der Waals surface area (Å²) in [6, 6.07) is 49.3. The van der Waals surface area contributed by atoms with E-state index in [-0.39, 0.29) is 31.2 Å². The maximum atomic E-state index is 8.48. The van der Waals surface area contributed by atoms with Crippen molar-refractivity contribution in [3.05, 3.63) is 163 Å². The third kappa shape index (κ3) is 6.11. The molecule has 50 heavy (non-hydrogen) atoms. The molecular weight excluding hydrogens is 787 g/mol. The minimum atomic E-state index is -2.42. The molecule has 0 atom stereocenters. The summed E-state index contributed by atoms with van der Waals surface area (Å²) < 4.78 is 42.5. The van der Waals surface area contributed by atoms with Gasteiger partial charge in [-0.1, -0.05) is 93.1 Å². The number of aromatic nitrogens is 3. The summed E-state index contributed by atoms with van der Waals surface area (Å²) in [6.07, 6.45) is 1.48. The predicted octanol–water partition coefficient (Wildman–Crippen LogP) is 11.7. The van der Waals surface area contributed by atoms with E-state index in [9.17, 15) is 0 Å². The third-order valence-corrected chi connectivity index (χ3v) is 8.70. The normalized spacial score (nSPS) is 13.5. The summed E-state index contributed by atoms with van der Waals surface area (Å²) in [5, 5.41) is 2.40. The first-order valence-corrected chi connectivity index (χ1v) is 16.4. The van der Waals surface area contributed by atoms with Crippen molar-refractivity contribution >= 4 is 21.8 Å². The zero-order chi connectivity index (χ0) is 37.8. The van der Waals surface area contributed by atoms with Crippen molar-refractivity contribution in [1.82, 2.24) is 14.5 Å². The van der Waals surface area contributed by atoms with Gasteiger partial charge in [0.15, 0.2) is 0 Å². The first-order chi connectivity index (χ1) is 25.9. The molecule has 0 saturated carbocycles. The van der Waals surface area contributed by atoms with Crippen LogP contribution in [0.2, 0.25) is 0 Å². The van der Waals surface area contributed by atoms with Gasteiger partial charge in [0.1, 0.15) is 0 Å². The molecule has 5 aromatic carbocycles. The summed E-state index contributed by atoms with van der Waals surface area (Å²) in [6.45, 7) is 2.85. The molecule has 0 aliphatic carbocycles. The molecule has 1 radical (unpaired) electrons. The number of pyridine rings is 2. The Morgan fingerprint density at radius 3 is 2.08 bits per heavy atom. The van der Waals surface area contributed by atoms with Gasteiger partial charge in [0.25, 0.3) is 0 Å². The van der Waals surface area contributed by atoms with Crippen LogP contribution in [0, 0.1) is 24.4 Å². The zero-order valence-corrected chi connectivity index (χ0v) is 30.3. The standard InChI is InChI=1S/C29H17N2.C17H20N.Ir/c1-2-10-19(11-3-1)28-27-23-15-5-4-12-20(23)21-13-6-8-16-25(21)31-26-17-9-7-14-22(26)24(18-30-28)29(27)31;1-13-12-18-16(14-8-6-5-7-9-14)10-15(13)11-17(2,3)4;/h1-10,12-18H;5-8,10,12H,11H2,1-4H3;/q2*-1;/i;1D3,11D2;. The van der Waals surface area contributed by atoms with Crippen molar-refractivity contribution in [3.63, 3.8) is 0 Å². The van der Waals surface area contributed by atoms with Crippen LogP contribution in [0.1, 0.15) is 38.8 Å². The fourth-order valence-corrected chi connectivity index (χ4v) is 6.69. The minimum absolute atomic E-state index is 0. The van der Waals surface area contributed by atoms with Crippen molar-refractivity contribution in [1.29, 1.82) is 0 Å². The molecule has 9 rings (SSSR count). The SMILES string of the molecule is [2H]C([2H])([2H])c1cnc(-c2[c-]cccc2)cc1C([2H])([2H])C(C)(C)C.[Ir].[c-]1ccccc1-c1ncc2c3ccccc3n3c2c1-c1ccccc1-c1ccccc1-3. The minimum Gasteiger partial charge on any atom is -0.309 e. The van der Waals surface area contributed by atoms with E-state index in [1.807, 2.05) is 36.5 Å². The van der Waals surface area contributed by atoms with Gasteiger partial charge in [0.05, 0.1) is 16.7 Å². The summed E-state index contributed by atoms with van der Waals surface area (Å²) in [4.78, 5) is 9.22. The average Bonchev–Trinajstić information content (AvgIpc) is 3.45. The van der Waals surface area contributed by atoms with Gasteiger partial charge in [0, 0.05) is 55.7 Å². The van der Waals surface area contributed by atoms with Gasteiger partial charge in [0.2, 0.25) is 0 Å². The third-order valence-electron chi connectivity index (χ3n) is 8.70. The van der Waals surface area contributed by atoms with Crippen LogP contribution >= 0.6 is 0 Å². The molecule has 3 nitrogen and oxygen atoms in total. The smallest absolute Gasteiger partial charge is 0.0563 e. The molecule has 0 amide bonds. The van der Waals surface area contributed by atoms with E-state index in [0.29, 0.717) is 11.3 Å². The molecule has 1 aliphatic rings. The van der Waals surface area contributed by atoms with Crippen LogP contribution in [0.5, 0.6) is 0 Å². The van der Waals surface area contributed by atoms with Crippen LogP contribution in [-0.4, -0.2) is 14.5 Å². The molecule has 0 saturated heterocycles. The predicted molar refractivity (Wildman–Crippen MR) is 204 cm³/mol. The number of hydrogen-bond donors (Lipinski definition) is 0. The van der Waals surface area contributed by atoms with Crippen LogP contribution in [0.25, 0.3) is 72.3 Å². The van der Waals surface area contributed by atoms with Crippen molar-refractivity contribution in [2.75, 3.05) is 0 Å². The van der Waals surface area contributed by atoms with E-state index in [2.05, 4.69) is 107 Å². The molecule has 1 aliphatic heterocycles. The van der Waals surface area contributed by atoms with Gasteiger partial charge >= 0.3 is 0 Å². The molecule has 247 valence electrons. The van der Waals surface area contributed by atoms with Gasteiger partial charge in [-0.15, -0.1) is 71.8 Å². The monoisotopic (exact) mass is 829 g/mol. The Morgan fingerprint density at radius 2 is 1.36 bits per heavy atom. The Balaban J connectivity index is 0.000000175. The van der Waals surface area contributed by atoms with Crippen LogP contribution in [0.4, 0.5) is 0 Å². The summed E-state index contributed by atoms with van der Waals surface area (Å²) in [7, 11) is 0. The van der Waals surface area contributed by atoms with E-state index in [1.54, 1.807) is 32.9 Å². The largest absolute Gasteiger partial charge is 0.309 e. The second-order valence-corrected chi connectivity index (χ2v) is 13.2. The molecule has 4 heterocycles. The Bertz CT molecular complexity index is 2660. The topological polar surface area (TPSA) is 30.7 Å². The summed E-state index contributed by atoms with van der Waals surface area (Å²) in [5.74, 6) is 0. The molecule has 0 spiro atoms. The first kappa shape index (κ1) is 27.6. The van der Waals surface area contributed by atoms with E-state index in [4.69, 9.17) is 11.8 Å². The fourth-order valence-electron chi connectivity index (χ4n) is 6.69. The van der Waals surface area contributed by atoms with Gasteiger partial charge in [-0.3, -0.25) is 0 Å². The molecule has 8 aromatic rings. The Kier molecular flexibility index (Phi) is 7.54. The molecule has 3 aromatic heterocycles. The second-order valence-electron chi connectivity index (χ2n) is 13.2. The van der Waals surface area contributed by atoms with Gasteiger partial charge in [-0.2, -0.15) is 0 Å². The molecule has 0 bridgehead atoms. The van der Waals surface area contributed by atoms with E-state index < -0.39 is 18.6 Å². The van der Waals surface area contributed by atoms with Crippen LogP contribution in [-0.2, 0) is 26.5 Å². The van der Waals surface area contributed by atoms with Crippen molar-refractivity contribution in [2.45, 2.75) is 34.0 Å². The number of fused-ring (bicyclic) bond motifs is 8. The van der Waals surface area contributed by atoms with E-state index in [1.165, 1.54) is 55.9 Å². The Labute approximate surface area is 315 Å². The number of hydrogen-bond acceptors (Lipinski definition) is 2. The number of nitrogens with zero attached hydrogens (tertiary/aromatic N) is 3. The van der Waals surface area contributed by atoms with Crippen molar-refractivity contribution in [3.8, 4) is 50.5 Å². The quantitative estimate of drug-likeness (QED) is 0.166. The summed E-state index contributed by atoms with van der Waals surface area (Å²) >= 11 is 0. The van der Waals surface area contributed by atoms with E-state index >= 15 is 0 Å². The molecular formula is C46H37IrN3-2. The number of para-hydroxylation sites is 2. The van der Waals surface area contributed by atoms with Gasteiger partial charge in [-0.05, 0) is 64.4 Å². The number of rotatable bonds is 3. The first-order valence-electron chi connectivity index (χ1n) is 18.9. The van der Waals surface area contributed by atoms with Crippen LogP contribution in [0.15, 0.2) is 140 Å². The number of aryl methyl sites for hydroxylation is 1. The second kappa shape index (κ2) is 13.6. The Morgan fingerprint density at radius 1 is 0.700 bits per heavy atom. The van der Waals surface area contributed by atoms with Gasteiger partial charge < -0.3 is 14.5 Å². The van der Waals surface area contributed by atoms with Gasteiger partial charge in [-0.25, -0.2) is 0 Å². The Hall–Kier alpha value is -5.15. The van der Waals surface area contributed by atoms with Crippen LogP contribution < -0.4 is 0 Å². The number of benzene rings is 5. The fraction of sp³-hybridized carbons (Fsp3) is 0.130. The molecule has 4 heteroatoms. The van der Waals surface area contributed by atoms with Crippen LogP contribution in [0.3, 0.4) is 0 Å².